The largest absolute Gasteiger partial charge is 0.353 e. The van der Waals surface area contributed by atoms with E-state index in [0.29, 0.717) is 17.5 Å². The molecule has 4 heteroatoms. The zero-order valence-corrected chi connectivity index (χ0v) is 11.5. The first-order valence-electron chi connectivity index (χ1n) is 6.96. The molecule has 1 aliphatic rings. The summed E-state index contributed by atoms with van der Waals surface area (Å²) in [4.78, 5) is 15.9. The summed E-state index contributed by atoms with van der Waals surface area (Å²) < 4.78 is 12.7. The molecule has 0 radical (unpaired) electrons. The Morgan fingerprint density at radius 2 is 2.21 bits per heavy atom. The van der Waals surface area contributed by atoms with Crippen LogP contribution in [-0.2, 0) is 11.2 Å². The molecule has 3 nitrogen and oxygen atoms in total. The number of hydrogen-bond acceptors (Lipinski definition) is 2. The van der Waals surface area contributed by atoms with Gasteiger partial charge in [-0.3, -0.25) is 9.78 Å². The van der Waals surface area contributed by atoms with Gasteiger partial charge in [0.25, 0.3) is 0 Å². The minimum Gasteiger partial charge on any atom is -0.353 e. The number of carbonyl (C=O) groups excluding carboxylic acids is 1. The molecular formula is C15H21FN2O. The Morgan fingerprint density at radius 3 is 2.89 bits per heavy atom. The molecule has 2 rings (SSSR count). The number of pyridine rings is 1. The lowest BCUT2D eigenvalue weighted by molar-refractivity contribution is -0.121. The molecule has 104 valence electrons. The smallest absolute Gasteiger partial charge is 0.226 e. The molecule has 1 heterocycles. The molecule has 3 atom stereocenters. The summed E-state index contributed by atoms with van der Waals surface area (Å²) >= 11 is 0. The molecule has 1 saturated carbocycles. The molecule has 19 heavy (non-hydrogen) atoms. The average Bonchev–Trinajstić information content (AvgIpc) is 2.38. The highest BCUT2D eigenvalue weighted by Crippen LogP contribution is 2.29. The lowest BCUT2D eigenvalue weighted by atomic mass is 9.78. The quantitative estimate of drug-likeness (QED) is 0.912. The summed E-state index contributed by atoms with van der Waals surface area (Å²) in [6.07, 6.45) is 4.83. The van der Waals surface area contributed by atoms with Crippen molar-refractivity contribution >= 4 is 5.91 Å². The lowest BCUT2D eigenvalue weighted by Gasteiger charge is -2.34. The van der Waals surface area contributed by atoms with E-state index in [9.17, 15) is 9.18 Å². The van der Waals surface area contributed by atoms with Gasteiger partial charge in [-0.1, -0.05) is 26.7 Å². The van der Waals surface area contributed by atoms with Gasteiger partial charge in [-0.2, -0.15) is 0 Å². The first kappa shape index (κ1) is 14.0. The molecule has 1 amide bonds. The normalized spacial score (nSPS) is 27.0. The van der Waals surface area contributed by atoms with E-state index in [1.54, 1.807) is 6.07 Å². The Morgan fingerprint density at radius 1 is 1.42 bits per heavy atom. The van der Waals surface area contributed by atoms with E-state index in [-0.39, 0.29) is 24.2 Å². The Balaban J connectivity index is 1.88. The monoisotopic (exact) mass is 264 g/mol. The van der Waals surface area contributed by atoms with Gasteiger partial charge in [0, 0.05) is 11.7 Å². The van der Waals surface area contributed by atoms with Crippen molar-refractivity contribution in [3.05, 3.63) is 29.8 Å². The van der Waals surface area contributed by atoms with Crippen LogP contribution in [0, 0.1) is 17.7 Å². The number of nitrogens with zero attached hydrogens (tertiary/aromatic N) is 1. The van der Waals surface area contributed by atoms with Gasteiger partial charge in [0.2, 0.25) is 5.91 Å². The van der Waals surface area contributed by atoms with Crippen LogP contribution in [0.3, 0.4) is 0 Å². The van der Waals surface area contributed by atoms with Crippen LogP contribution in [0.2, 0.25) is 0 Å². The van der Waals surface area contributed by atoms with Crippen LogP contribution in [0.4, 0.5) is 4.39 Å². The van der Waals surface area contributed by atoms with Crippen molar-refractivity contribution in [3.8, 4) is 0 Å². The second kappa shape index (κ2) is 6.13. The van der Waals surface area contributed by atoms with E-state index >= 15 is 0 Å². The van der Waals surface area contributed by atoms with E-state index in [1.807, 2.05) is 0 Å². The van der Waals surface area contributed by atoms with Gasteiger partial charge in [0.05, 0.1) is 12.6 Å². The van der Waals surface area contributed by atoms with Gasteiger partial charge in [0.1, 0.15) is 5.82 Å². The molecule has 0 aromatic carbocycles. The highest BCUT2D eigenvalue weighted by atomic mass is 19.1. The number of aromatic nitrogens is 1. The van der Waals surface area contributed by atoms with Gasteiger partial charge in [-0.15, -0.1) is 0 Å². The first-order valence-corrected chi connectivity index (χ1v) is 6.96. The third-order valence-corrected chi connectivity index (χ3v) is 4.18. The fraction of sp³-hybridized carbons (Fsp3) is 0.600. The third kappa shape index (κ3) is 3.75. The van der Waals surface area contributed by atoms with Crippen molar-refractivity contribution < 1.29 is 9.18 Å². The fourth-order valence-electron chi connectivity index (χ4n) is 2.72. The van der Waals surface area contributed by atoms with Crippen molar-refractivity contribution in [2.75, 3.05) is 0 Å². The van der Waals surface area contributed by atoms with Crippen molar-refractivity contribution in [1.82, 2.24) is 10.3 Å². The molecular weight excluding hydrogens is 243 g/mol. The second-order valence-corrected chi connectivity index (χ2v) is 5.59. The van der Waals surface area contributed by atoms with E-state index in [2.05, 4.69) is 24.1 Å². The Hall–Kier alpha value is -1.45. The number of hydrogen-bond donors (Lipinski definition) is 1. The van der Waals surface area contributed by atoms with Gasteiger partial charge < -0.3 is 5.32 Å². The van der Waals surface area contributed by atoms with E-state index in [1.165, 1.54) is 18.9 Å². The Kier molecular flexibility index (Phi) is 4.51. The fourth-order valence-corrected chi connectivity index (χ4v) is 2.72. The van der Waals surface area contributed by atoms with Crippen LogP contribution < -0.4 is 5.32 Å². The minimum atomic E-state index is -0.376. The summed E-state index contributed by atoms with van der Waals surface area (Å²) in [5.41, 5.74) is 0.607. The maximum Gasteiger partial charge on any atom is 0.226 e. The summed E-state index contributed by atoms with van der Waals surface area (Å²) in [7, 11) is 0. The predicted octanol–water partition coefficient (Wildman–Crippen LogP) is 2.70. The Labute approximate surface area is 113 Å². The molecule has 1 aromatic rings. The Bertz CT molecular complexity index is 432. The second-order valence-electron chi connectivity index (χ2n) is 5.59. The first-order chi connectivity index (χ1) is 9.06. The lowest BCUT2D eigenvalue weighted by Crippen LogP contribution is -2.44. The van der Waals surface area contributed by atoms with E-state index in [0.717, 1.165) is 12.6 Å². The third-order valence-electron chi connectivity index (χ3n) is 4.18. The van der Waals surface area contributed by atoms with E-state index in [4.69, 9.17) is 0 Å². The predicted molar refractivity (Wildman–Crippen MR) is 72.0 cm³/mol. The van der Waals surface area contributed by atoms with Gasteiger partial charge >= 0.3 is 0 Å². The summed E-state index contributed by atoms with van der Waals surface area (Å²) in [5, 5.41) is 3.09. The van der Waals surface area contributed by atoms with Crippen LogP contribution in [0.5, 0.6) is 0 Å². The standard InChI is InChI=1S/C15H21FN2O/c1-10-4-3-5-14(11(10)2)18-15(19)8-13-7-6-12(16)9-17-13/h6-7,9-11,14H,3-5,8H2,1-2H3,(H,18,19). The summed E-state index contributed by atoms with van der Waals surface area (Å²) in [6.45, 7) is 4.44. The highest BCUT2D eigenvalue weighted by Gasteiger charge is 2.28. The number of amides is 1. The van der Waals surface area contributed by atoms with Gasteiger partial charge in [0.15, 0.2) is 0 Å². The molecule has 3 unspecified atom stereocenters. The maximum atomic E-state index is 12.7. The number of nitrogens with one attached hydrogen (secondary N) is 1. The molecule has 1 fully saturated rings. The number of rotatable bonds is 3. The van der Waals surface area contributed by atoms with Crippen molar-refractivity contribution in [1.29, 1.82) is 0 Å². The zero-order valence-electron chi connectivity index (χ0n) is 11.5. The van der Waals surface area contributed by atoms with E-state index < -0.39 is 0 Å². The van der Waals surface area contributed by atoms with Crippen LogP contribution in [-0.4, -0.2) is 16.9 Å². The van der Waals surface area contributed by atoms with Crippen LogP contribution in [0.15, 0.2) is 18.3 Å². The molecule has 1 aliphatic carbocycles. The summed E-state index contributed by atoms with van der Waals surface area (Å²) in [6, 6.07) is 3.15. The topological polar surface area (TPSA) is 42.0 Å². The molecule has 0 aliphatic heterocycles. The summed E-state index contributed by atoms with van der Waals surface area (Å²) in [5.74, 6) is 0.769. The van der Waals surface area contributed by atoms with Crippen molar-refractivity contribution in [2.24, 2.45) is 11.8 Å². The SMILES string of the molecule is CC1CCCC(NC(=O)Cc2ccc(F)cn2)C1C. The van der Waals surface area contributed by atoms with Crippen LogP contribution in [0.25, 0.3) is 0 Å². The number of halogens is 1. The molecule has 0 bridgehead atoms. The van der Waals surface area contributed by atoms with Crippen LogP contribution in [0.1, 0.15) is 38.8 Å². The molecule has 1 N–H and O–H groups in total. The van der Waals surface area contributed by atoms with Crippen LogP contribution >= 0.6 is 0 Å². The minimum absolute atomic E-state index is 0.0231. The van der Waals surface area contributed by atoms with Crippen molar-refractivity contribution in [3.63, 3.8) is 0 Å². The molecule has 0 saturated heterocycles. The molecule has 1 aromatic heterocycles. The van der Waals surface area contributed by atoms with Gasteiger partial charge in [-0.25, -0.2) is 4.39 Å². The van der Waals surface area contributed by atoms with Gasteiger partial charge in [-0.05, 0) is 30.4 Å². The highest BCUT2D eigenvalue weighted by molar-refractivity contribution is 5.78. The van der Waals surface area contributed by atoms with Crippen molar-refractivity contribution in [2.45, 2.75) is 45.6 Å². The molecule has 0 spiro atoms. The average molecular weight is 264 g/mol. The maximum absolute atomic E-state index is 12.7. The zero-order chi connectivity index (χ0) is 13.8. The number of carbonyl (C=O) groups is 1.